The Bertz CT molecular complexity index is 332. The molecule has 3 heteroatoms. The van der Waals surface area contributed by atoms with Gasteiger partial charge >= 0.3 is 0 Å². The fraction of sp³-hybridized carbons (Fsp3) is 0.300. The van der Waals surface area contributed by atoms with Crippen LogP contribution in [0.5, 0.6) is 5.75 Å². The van der Waals surface area contributed by atoms with Gasteiger partial charge in [0.2, 0.25) is 5.91 Å². The summed E-state index contributed by atoms with van der Waals surface area (Å²) >= 11 is 0. The predicted molar refractivity (Wildman–Crippen MR) is 50.7 cm³/mol. The molecule has 13 heavy (non-hydrogen) atoms. The number of primary amides is 1. The molecule has 1 rings (SSSR count). The van der Waals surface area contributed by atoms with Gasteiger partial charge in [0, 0.05) is 5.56 Å². The van der Waals surface area contributed by atoms with Crippen LogP contribution in [0.1, 0.15) is 35.7 Å². The molecular formula is C10H13NO2. The number of amides is 1. The van der Waals surface area contributed by atoms with Gasteiger partial charge in [0.05, 0.1) is 0 Å². The highest BCUT2D eigenvalue weighted by molar-refractivity contribution is 5.93. The molecule has 70 valence electrons. The third-order valence-corrected chi connectivity index (χ3v) is 1.89. The van der Waals surface area contributed by atoms with Crippen LogP contribution in [0.25, 0.3) is 0 Å². The van der Waals surface area contributed by atoms with E-state index < -0.39 is 5.91 Å². The Hall–Kier alpha value is -1.51. The third kappa shape index (κ3) is 2.21. The van der Waals surface area contributed by atoms with Crippen molar-refractivity contribution < 1.29 is 9.90 Å². The van der Waals surface area contributed by atoms with E-state index in [1.54, 1.807) is 12.1 Å². The van der Waals surface area contributed by atoms with Gasteiger partial charge in [-0.3, -0.25) is 4.79 Å². The van der Waals surface area contributed by atoms with E-state index in [1.807, 2.05) is 13.8 Å². The summed E-state index contributed by atoms with van der Waals surface area (Å²) in [7, 11) is 0. The summed E-state index contributed by atoms with van der Waals surface area (Å²) in [5.41, 5.74) is 6.36. The summed E-state index contributed by atoms with van der Waals surface area (Å²) in [6.45, 7) is 3.97. The van der Waals surface area contributed by atoms with Gasteiger partial charge in [0.15, 0.2) is 0 Å². The van der Waals surface area contributed by atoms with Crippen LogP contribution < -0.4 is 5.73 Å². The SMILES string of the molecule is CC(C)c1cc(O)cc(C(N)=O)c1. The Kier molecular flexibility index (Phi) is 2.56. The molecular weight excluding hydrogens is 166 g/mol. The van der Waals surface area contributed by atoms with E-state index in [0.717, 1.165) is 5.56 Å². The van der Waals surface area contributed by atoms with Crippen LogP contribution in [-0.2, 0) is 0 Å². The monoisotopic (exact) mass is 179 g/mol. The van der Waals surface area contributed by atoms with E-state index in [1.165, 1.54) is 6.07 Å². The molecule has 3 N–H and O–H groups in total. The molecule has 1 aromatic carbocycles. The van der Waals surface area contributed by atoms with Crippen molar-refractivity contribution in [3.05, 3.63) is 29.3 Å². The lowest BCUT2D eigenvalue weighted by Crippen LogP contribution is -2.11. The van der Waals surface area contributed by atoms with Crippen molar-refractivity contribution >= 4 is 5.91 Å². The average Bonchev–Trinajstić information content (AvgIpc) is 2.03. The first-order valence-electron chi connectivity index (χ1n) is 4.14. The lowest BCUT2D eigenvalue weighted by Gasteiger charge is -2.07. The Balaban J connectivity index is 3.19. The van der Waals surface area contributed by atoms with Crippen molar-refractivity contribution in [2.75, 3.05) is 0 Å². The summed E-state index contributed by atoms with van der Waals surface area (Å²) in [5.74, 6) is -0.164. The molecule has 0 spiro atoms. The molecule has 1 amide bonds. The molecule has 0 saturated carbocycles. The lowest BCUT2D eigenvalue weighted by atomic mass is 10.0. The molecule has 0 atom stereocenters. The minimum absolute atomic E-state index is 0.0833. The van der Waals surface area contributed by atoms with Gasteiger partial charge in [-0.1, -0.05) is 13.8 Å². The van der Waals surface area contributed by atoms with Gasteiger partial charge in [-0.2, -0.15) is 0 Å². The molecule has 0 unspecified atom stereocenters. The summed E-state index contributed by atoms with van der Waals surface area (Å²) in [5, 5.41) is 9.28. The maximum absolute atomic E-state index is 10.8. The van der Waals surface area contributed by atoms with Gasteiger partial charge < -0.3 is 10.8 Å². The standard InChI is InChI=1S/C10H13NO2/c1-6(2)7-3-8(10(11)13)5-9(12)4-7/h3-6,12H,1-2H3,(H2,11,13). The smallest absolute Gasteiger partial charge is 0.248 e. The molecule has 0 aliphatic carbocycles. The number of phenols is 1. The number of carbonyl (C=O) groups is 1. The largest absolute Gasteiger partial charge is 0.508 e. The second kappa shape index (κ2) is 3.47. The Labute approximate surface area is 77.2 Å². The second-order valence-electron chi connectivity index (χ2n) is 3.33. The molecule has 3 nitrogen and oxygen atoms in total. The van der Waals surface area contributed by atoms with Crippen LogP contribution in [0, 0.1) is 0 Å². The molecule has 0 aromatic heterocycles. The molecule has 0 aliphatic heterocycles. The minimum atomic E-state index is -0.516. The van der Waals surface area contributed by atoms with E-state index in [0.29, 0.717) is 5.56 Å². The van der Waals surface area contributed by atoms with Gasteiger partial charge in [-0.25, -0.2) is 0 Å². The molecule has 0 fully saturated rings. The zero-order chi connectivity index (χ0) is 10.0. The summed E-state index contributed by atoms with van der Waals surface area (Å²) in [6.07, 6.45) is 0. The van der Waals surface area contributed by atoms with Crippen molar-refractivity contribution in [1.82, 2.24) is 0 Å². The zero-order valence-corrected chi connectivity index (χ0v) is 7.74. The summed E-state index contributed by atoms with van der Waals surface area (Å²) < 4.78 is 0. The number of hydrogen-bond acceptors (Lipinski definition) is 2. The zero-order valence-electron chi connectivity index (χ0n) is 7.74. The lowest BCUT2D eigenvalue weighted by molar-refractivity contribution is 0.1000. The van der Waals surface area contributed by atoms with Gasteiger partial charge in [-0.15, -0.1) is 0 Å². The summed E-state index contributed by atoms with van der Waals surface area (Å²) in [4.78, 5) is 10.8. The number of rotatable bonds is 2. The topological polar surface area (TPSA) is 63.3 Å². The van der Waals surface area contributed by atoms with Crippen LogP contribution >= 0.6 is 0 Å². The first-order valence-corrected chi connectivity index (χ1v) is 4.14. The van der Waals surface area contributed by atoms with Crippen LogP contribution in [-0.4, -0.2) is 11.0 Å². The fourth-order valence-electron chi connectivity index (χ4n) is 1.11. The first kappa shape index (κ1) is 9.58. The highest BCUT2D eigenvalue weighted by Crippen LogP contribution is 2.21. The normalized spacial score (nSPS) is 10.4. The van der Waals surface area contributed by atoms with E-state index in [9.17, 15) is 9.90 Å². The second-order valence-corrected chi connectivity index (χ2v) is 3.33. The van der Waals surface area contributed by atoms with Gasteiger partial charge in [0.1, 0.15) is 5.75 Å². The average molecular weight is 179 g/mol. The van der Waals surface area contributed by atoms with Crippen LogP contribution in [0.2, 0.25) is 0 Å². The van der Waals surface area contributed by atoms with Crippen LogP contribution in [0.4, 0.5) is 0 Å². The van der Waals surface area contributed by atoms with Gasteiger partial charge in [0.25, 0.3) is 0 Å². The number of hydrogen-bond donors (Lipinski definition) is 2. The number of phenolic OH excluding ortho intramolecular Hbond substituents is 1. The van der Waals surface area contributed by atoms with Crippen molar-refractivity contribution in [1.29, 1.82) is 0 Å². The number of benzene rings is 1. The Morgan fingerprint density at radius 2 is 2.00 bits per heavy atom. The highest BCUT2D eigenvalue weighted by atomic mass is 16.3. The molecule has 0 aliphatic rings. The maximum atomic E-state index is 10.8. The van der Waals surface area contributed by atoms with Gasteiger partial charge in [-0.05, 0) is 29.7 Å². The van der Waals surface area contributed by atoms with Crippen molar-refractivity contribution in [3.8, 4) is 5.75 Å². The van der Waals surface area contributed by atoms with Crippen molar-refractivity contribution in [2.45, 2.75) is 19.8 Å². The molecule has 0 radical (unpaired) electrons. The molecule has 0 bridgehead atoms. The molecule has 0 saturated heterocycles. The Morgan fingerprint density at radius 3 is 2.46 bits per heavy atom. The molecule has 1 aromatic rings. The maximum Gasteiger partial charge on any atom is 0.248 e. The van der Waals surface area contributed by atoms with Crippen LogP contribution in [0.3, 0.4) is 0 Å². The van der Waals surface area contributed by atoms with E-state index in [4.69, 9.17) is 5.73 Å². The summed E-state index contributed by atoms with van der Waals surface area (Å²) in [6, 6.07) is 4.71. The third-order valence-electron chi connectivity index (χ3n) is 1.89. The first-order chi connectivity index (χ1) is 6.00. The van der Waals surface area contributed by atoms with E-state index in [-0.39, 0.29) is 11.7 Å². The number of carbonyl (C=O) groups excluding carboxylic acids is 1. The number of nitrogens with two attached hydrogens (primary N) is 1. The molecule has 0 heterocycles. The van der Waals surface area contributed by atoms with Crippen molar-refractivity contribution in [2.24, 2.45) is 5.73 Å². The number of aromatic hydroxyl groups is 1. The highest BCUT2D eigenvalue weighted by Gasteiger charge is 2.06. The van der Waals surface area contributed by atoms with E-state index in [2.05, 4.69) is 0 Å². The van der Waals surface area contributed by atoms with E-state index >= 15 is 0 Å². The van der Waals surface area contributed by atoms with Crippen molar-refractivity contribution in [3.63, 3.8) is 0 Å². The van der Waals surface area contributed by atoms with Crippen LogP contribution in [0.15, 0.2) is 18.2 Å². The predicted octanol–water partition coefficient (Wildman–Crippen LogP) is 1.61. The quantitative estimate of drug-likeness (QED) is 0.724. The Morgan fingerprint density at radius 1 is 1.38 bits per heavy atom. The minimum Gasteiger partial charge on any atom is -0.508 e. The fourth-order valence-corrected chi connectivity index (χ4v) is 1.11.